The monoisotopic (exact) mass is 429 g/mol. The van der Waals surface area contributed by atoms with E-state index < -0.39 is 17.1 Å². The minimum absolute atomic E-state index is 0.0572. The van der Waals surface area contributed by atoms with Crippen molar-refractivity contribution in [2.45, 2.75) is 55.3 Å². The number of nitrogens with zero attached hydrogens (tertiary/aromatic N) is 1. The molecule has 4 atom stereocenters. The number of benzene rings is 2. The van der Waals surface area contributed by atoms with Crippen molar-refractivity contribution in [2.24, 2.45) is 5.92 Å². The first-order chi connectivity index (χ1) is 15.5. The fourth-order valence-electron chi connectivity index (χ4n) is 7.06. The fraction of sp³-hybridized carbons (Fsp3) is 0.444. The van der Waals surface area contributed by atoms with Gasteiger partial charge >= 0.3 is 0 Å². The number of phenols is 1. The molecule has 3 fully saturated rings. The molecule has 2 saturated carbocycles. The molecule has 7 rings (SSSR count). The van der Waals surface area contributed by atoms with Crippen LogP contribution in [0.5, 0.6) is 11.5 Å². The van der Waals surface area contributed by atoms with Gasteiger partial charge in [-0.3, -0.25) is 9.69 Å². The number of carbonyl (C=O) groups is 1. The number of aromatic hydroxyl groups is 1. The summed E-state index contributed by atoms with van der Waals surface area (Å²) in [6.07, 6.45) is 5.37. The van der Waals surface area contributed by atoms with Crippen molar-refractivity contribution in [3.63, 3.8) is 0 Å². The van der Waals surface area contributed by atoms with E-state index in [1.807, 2.05) is 42.5 Å². The third-order valence-corrected chi connectivity index (χ3v) is 8.67. The minimum atomic E-state index is -1.11. The summed E-state index contributed by atoms with van der Waals surface area (Å²) in [5.41, 5.74) is 1.67. The van der Waals surface area contributed by atoms with Gasteiger partial charge in [-0.05, 0) is 61.4 Å². The lowest BCUT2D eigenvalue weighted by molar-refractivity contribution is -0.179. The van der Waals surface area contributed by atoms with E-state index in [-0.39, 0.29) is 17.6 Å². The SMILES string of the molecule is O=C1/C(=C/c2ccccc2)C[C@@]2(O)[C@@H]3Cc4ccc(O)c5c4C2(CCN3CC2CC2)[C@@H]1O5. The summed E-state index contributed by atoms with van der Waals surface area (Å²) in [6.45, 7) is 1.86. The quantitative estimate of drug-likeness (QED) is 0.734. The summed E-state index contributed by atoms with van der Waals surface area (Å²) in [5, 5.41) is 23.2. The van der Waals surface area contributed by atoms with Crippen LogP contribution in [0.15, 0.2) is 48.0 Å². The molecule has 32 heavy (non-hydrogen) atoms. The highest BCUT2D eigenvalue weighted by atomic mass is 16.5. The van der Waals surface area contributed by atoms with Crippen molar-refractivity contribution in [3.05, 3.63) is 64.7 Å². The molecule has 3 aliphatic carbocycles. The van der Waals surface area contributed by atoms with Gasteiger partial charge in [-0.15, -0.1) is 0 Å². The topological polar surface area (TPSA) is 70.0 Å². The number of hydrogen-bond donors (Lipinski definition) is 2. The Kier molecular flexibility index (Phi) is 3.68. The summed E-state index contributed by atoms with van der Waals surface area (Å²) in [6, 6.07) is 13.4. The predicted octanol–water partition coefficient (Wildman–Crippen LogP) is 3.22. The first-order valence-electron chi connectivity index (χ1n) is 11.8. The van der Waals surface area contributed by atoms with Gasteiger partial charge in [0.15, 0.2) is 23.4 Å². The van der Waals surface area contributed by atoms with Gasteiger partial charge in [0.2, 0.25) is 0 Å². The Hall–Kier alpha value is -2.63. The molecule has 0 aromatic heterocycles. The zero-order valence-electron chi connectivity index (χ0n) is 18.0. The van der Waals surface area contributed by atoms with Crippen LogP contribution in [0.1, 0.15) is 42.4 Å². The molecule has 5 aliphatic rings. The molecular weight excluding hydrogens is 402 g/mol. The average molecular weight is 430 g/mol. The molecule has 2 heterocycles. The zero-order valence-corrected chi connectivity index (χ0v) is 18.0. The van der Waals surface area contributed by atoms with E-state index in [1.165, 1.54) is 12.8 Å². The second-order valence-corrected chi connectivity index (χ2v) is 10.4. The van der Waals surface area contributed by atoms with E-state index in [0.717, 1.165) is 42.1 Å². The second-order valence-electron chi connectivity index (χ2n) is 10.4. The van der Waals surface area contributed by atoms with Crippen LogP contribution in [-0.4, -0.2) is 51.7 Å². The predicted molar refractivity (Wildman–Crippen MR) is 120 cm³/mol. The molecule has 5 heteroatoms. The molecule has 2 aromatic carbocycles. The fourth-order valence-corrected chi connectivity index (χ4v) is 7.06. The van der Waals surface area contributed by atoms with Crippen LogP contribution in [-0.2, 0) is 16.6 Å². The molecule has 164 valence electrons. The van der Waals surface area contributed by atoms with Gasteiger partial charge in [0, 0.05) is 30.1 Å². The molecule has 0 amide bonds. The van der Waals surface area contributed by atoms with Gasteiger partial charge < -0.3 is 14.9 Å². The maximum absolute atomic E-state index is 13.8. The van der Waals surface area contributed by atoms with Crippen LogP contribution in [0.25, 0.3) is 6.08 Å². The first kappa shape index (κ1) is 18.9. The Morgan fingerprint density at radius 1 is 1.16 bits per heavy atom. The number of aliphatic hydroxyl groups is 1. The third kappa shape index (κ3) is 2.28. The van der Waals surface area contributed by atoms with E-state index in [0.29, 0.717) is 24.2 Å². The molecule has 2 bridgehead atoms. The minimum Gasteiger partial charge on any atom is -0.504 e. The van der Waals surface area contributed by atoms with Crippen LogP contribution in [0.4, 0.5) is 0 Å². The van der Waals surface area contributed by atoms with Gasteiger partial charge in [0.05, 0.1) is 11.0 Å². The molecule has 0 radical (unpaired) electrons. The van der Waals surface area contributed by atoms with Crippen molar-refractivity contribution >= 4 is 11.9 Å². The number of ketones is 1. The Morgan fingerprint density at radius 2 is 1.97 bits per heavy atom. The van der Waals surface area contributed by atoms with Crippen LogP contribution in [0.2, 0.25) is 0 Å². The molecule has 1 unspecified atom stereocenters. The highest BCUT2D eigenvalue weighted by Crippen LogP contribution is 2.65. The van der Waals surface area contributed by atoms with Crippen molar-refractivity contribution < 1.29 is 19.7 Å². The second kappa shape index (κ2) is 6.24. The maximum atomic E-state index is 13.8. The van der Waals surface area contributed by atoms with Gasteiger partial charge in [-0.25, -0.2) is 0 Å². The van der Waals surface area contributed by atoms with Gasteiger partial charge in [0.25, 0.3) is 0 Å². The Morgan fingerprint density at radius 3 is 2.75 bits per heavy atom. The lowest BCUT2D eigenvalue weighted by Crippen LogP contribution is -2.77. The molecule has 5 nitrogen and oxygen atoms in total. The summed E-state index contributed by atoms with van der Waals surface area (Å²) in [7, 11) is 0. The smallest absolute Gasteiger partial charge is 0.200 e. The Labute approximate surface area is 187 Å². The number of ether oxygens (including phenoxy) is 1. The van der Waals surface area contributed by atoms with Crippen LogP contribution >= 0.6 is 0 Å². The van der Waals surface area contributed by atoms with Crippen molar-refractivity contribution in [3.8, 4) is 11.5 Å². The van der Waals surface area contributed by atoms with E-state index >= 15 is 0 Å². The maximum Gasteiger partial charge on any atom is 0.200 e. The van der Waals surface area contributed by atoms with E-state index in [1.54, 1.807) is 6.07 Å². The molecule has 1 spiro atoms. The lowest BCUT2D eigenvalue weighted by atomic mass is 9.48. The number of likely N-dealkylation sites (tertiary alicyclic amines) is 1. The van der Waals surface area contributed by atoms with E-state index in [9.17, 15) is 15.0 Å². The van der Waals surface area contributed by atoms with Crippen molar-refractivity contribution in [1.82, 2.24) is 4.90 Å². The third-order valence-electron chi connectivity index (χ3n) is 8.67. The van der Waals surface area contributed by atoms with Gasteiger partial charge in [-0.1, -0.05) is 36.4 Å². The standard InChI is InChI=1S/C27H27NO4/c29-20-9-8-18-13-21-27(31)14-19(12-16-4-2-1-3-5-16)23(30)25-26(27,22(18)24(20)32-25)10-11-28(21)15-17-6-7-17/h1-5,8-9,12,17,21,25,29,31H,6-7,10-11,13-15H2/b19-12+/t21-,25+,26?,27+/m0/s1. The highest BCUT2D eigenvalue weighted by Gasteiger charge is 2.74. The van der Waals surface area contributed by atoms with Gasteiger partial charge in [0.1, 0.15) is 0 Å². The molecule has 2 N–H and O–H groups in total. The number of Topliss-reactive ketones (excluding diaryl/α,β-unsaturated/α-hetero) is 1. The first-order valence-corrected chi connectivity index (χ1v) is 11.8. The Bertz CT molecular complexity index is 1170. The van der Waals surface area contributed by atoms with Crippen LogP contribution in [0.3, 0.4) is 0 Å². The largest absolute Gasteiger partial charge is 0.504 e. The number of carbonyl (C=O) groups excluding carboxylic acids is 1. The average Bonchev–Trinajstić information content (AvgIpc) is 3.52. The van der Waals surface area contributed by atoms with Gasteiger partial charge in [-0.2, -0.15) is 0 Å². The molecule has 2 aliphatic heterocycles. The lowest BCUT2D eigenvalue weighted by Gasteiger charge is -2.62. The zero-order chi connectivity index (χ0) is 21.7. The van der Waals surface area contributed by atoms with Crippen LogP contribution in [0, 0.1) is 5.92 Å². The molecule has 1 saturated heterocycles. The highest BCUT2D eigenvalue weighted by molar-refractivity contribution is 6.06. The van der Waals surface area contributed by atoms with Crippen molar-refractivity contribution in [1.29, 1.82) is 0 Å². The van der Waals surface area contributed by atoms with Crippen LogP contribution < -0.4 is 4.74 Å². The number of phenolic OH excluding ortho intramolecular Hbond substituents is 1. The normalized spacial score (nSPS) is 36.2. The molecule has 2 aromatic rings. The van der Waals surface area contributed by atoms with Crippen molar-refractivity contribution in [2.75, 3.05) is 13.1 Å². The summed E-state index contributed by atoms with van der Waals surface area (Å²) < 4.78 is 6.26. The number of piperidine rings is 1. The molecular formula is C27H27NO4. The Balaban J connectivity index is 1.42. The summed E-state index contributed by atoms with van der Waals surface area (Å²) >= 11 is 0. The van der Waals surface area contributed by atoms with E-state index in [2.05, 4.69) is 4.90 Å². The number of rotatable bonds is 3. The van der Waals surface area contributed by atoms with E-state index in [4.69, 9.17) is 4.74 Å². The summed E-state index contributed by atoms with van der Waals surface area (Å²) in [4.78, 5) is 16.3. The number of hydrogen-bond acceptors (Lipinski definition) is 5. The summed E-state index contributed by atoms with van der Waals surface area (Å²) in [5.74, 6) is 1.14.